The molecule has 0 radical (unpaired) electrons. The van der Waals surface area contributed by atoms with Crippen LogP contribution in [0.5, 0.6) is 5.88 Å². The lowest BCUT2D eigenvalue weighted by Gasteiger charge is -2.07. The van der Waals surface area contributed by atoms with E-state index in [1.807, 2.05) is 6.92 Å². The minimum absolute atomic E-state index is 0.210. The summed E-state index contributed by atoms with van der Waals surface area (Å²) in [6.45, 7) is 2.84. The number of carbonyl (C=O) groups excluding carboxylic acids is 1. The summed E-state index contributed by atoms with van der Waals surface area (Å²) in [5.74, 6) is -0.0130. The van der Waals surface area contributed by atoms with Gasteiger partial charge in [-0.15, -0.1) is 0 Å². The van der Waals surface area contributed by atoms with Crippen LogP contribution in [-0.4, -0.2) is 38.8 Å². The fraction of sp³-hybridized carbons (Fsp3) is 0.308. The number of nitrogens with one attached hydrogen (secondary N) is 1. The fourth-order valence-electron chi connectivity index (χ4n) is 1.61. The first kappa shape index (κ1) is 14.6. The lowest BCUT2D eigenvalue weighted by atomic mass is 10.3. The van der Waals surface area contributed by atoms with Crippen molar-refractivity contribution in [1.82, 2.24) is 25.1 Å². The molecule has 0 unspecified atom stereocenters. The highest BCUT2D eigenvalue weighted by molar-refractivity contribution is 5.92. The van der Waals surface area contributed by atoms with Gasteiger partial charge in [-0.1, -0.05) is 0 Å². The molecule has 21 heavy (non-hydrogen) atoms. The second kappa shape index (κ2) is 7.13. The van der Waals surface area contributed by atoms with Crippen molar-refractivity contribution in [2.24, 2.45) is 0 Å². The average Bonchev–Trinajstić information content (AvgIpc) is 2.50. The normalized spacial score (nSPS) is 10.1. The van der Waals surface area contributed by atoms with Gasteiger partial charge in [-0.25, -0.2) is 14.6 Å². The van der Waals surface area contributed by atoms with Gasteiger partial charge in [0.25, 0.3) is 11.5 Å². The van der Waals surface area contributed by atoms with E-state index in [-0.39, 0.29) is 30.2 Å². The maximum absolute atomic E-state index is 11.9. The van der Waals surface area contributed by atoms with E-state index in [9.17, 15) is 9.59 Å². The lowest BCUT2D eigenvalue weighted by molar-refractivity contribution is 0.0946. The molecule has 2 rings (SSSR count). The molecule has 0 bridgehead atoms. The van der Waals surface area contributed by atoms with Crippen molar-refractivity contribution >= 4 is 5.91 Å². The minimum atomic E-state index is -0.359. The van der Waals surface area contributed by atoms with E-state index in [0.29, 0.717) is 12.5 Å². The number of amides is 1. The van der Waals surface area contributed by atoms with Crippen molar-refractivity contribution in [2.45, 2.75) is 13.5 Å². The Bertz CT molecular complexity index is 671. The average molecular weight is 289 g/mol. The third-order valence-electron chi connectivity index (χ3n) is 2.56. The number of aromatic nitrogens is 4. The predicted octanol–water partition coefficient (Wildman–Crippen LogP) is -0.138. The summed E-state index contributed by atoms with van der Waals surface area (Å²) < 4.78 is 6.47. The monoisotopic (exact) mass is 289 g/mol. The minimum Gasteiger partial charge on any atom is -0.478 e. The summed E-state index contributed by atoms with van der Waals surface area (Å²) in [6, 6.07) is 4.44. The van der Waals surface area contributed by atoms with Crippen LogP contribution >= 0.6 is 0 Å². The molecule has 2 aromatic heterocycles. The zero-order valence-corrected chi connectivity index (χ0v) is 11.5. The topological polar surface area (TPSA) is 99.0 Å². The third-order valence-corrected chi connectivity index (χ3v) is 2.56. The van der Waals surface area contributed by atoms with Crippen LogP contribution in [0.15, 0.2) is 35.5 Å². The molecule has 2 heterocycles. The van der Waals surface area contributed by atoms with Crippen LogP contribution in [0.2, 0.25) is 0 Å². The van der Waals surface area contributed by atoms with Crippen molar-refractivity contribution in [3.63, 3.8) is 0 Å². The second-order valence-electron chi connectivity index (χ2n) is 4.02. The molecular weight excluding hydrogens is 274 g/mol. The molecule has 8 heteroatoms. The van der Waals surface area contributed by atoms with Crippen LogP contribution in [0.25, 0.3) is 0 Å². The number of carbonyl (C=O) groups is 1. The molecule has 0 saturated heterocycles. The Kier molecular flexibility index (Phi) is 4.97. The van der Waals surface area contributed by atoms with E-state index in [2.05, 4.69) is 20.4 Å². The van der Waals surface area contributed by atoms with Gasteiger partial charge in [0.15, 0.2) is 0 Å². The molecule has 0 saturated carbocycles. The highest BCUT2D eigenvalue weighted by Gasteiger charge is 2.08. The van der Waals surface area contributed by atoms with E-state index < -0.39 is 0 Å². The second-order valence-corrected chi connectivity index (χ2v) is 4.02. The fourth-order valence-corrected chi connectivity index (χ4v) is 1.61. The van der Waals surface area contributed by atoms with Crippen LogP contribution in [0.3, 0.4) is 0 Å². The molecule has 0 atom stereocenters. The van der Waals surface area contributed by atoms with E-state index in [4.69, 9.17) is 4.74 Å². The summed E-state index contributed by atoms with van der Waals surface area (Å²) in [5, 5.41) is 6.55. The smallest absolute Gasteiger partial charge is 0.270 e. The van der Waals surface area contributed by atoms with Crippen molar-refractivity contribution < 1.29 is 9.53 Å². The molecule has 1 amide bonds. The maximum atomic E-state index is 11.9. The molecule has 1 N–H and O–H groups in total. The van der Waals surface area contributed by atoms with Crippen molar-refractivity contribution in [3.8, 4) is 5.88 Å². The Balaban J connectivity index is 1.91. The van der Waals surface area contributed by atoms with E-state index in [0.717, 1.165) is 0 Å². The van der Waals surface area contributed by atoms with E-state index in [1.54, 1.807) is 6.07 Å². The van der Waals surface area contributed by atoms with E-state index >= 15 is 0 Å². The lowest BCUT2D eigenvalue weighted by Crippen LogP contribution is -2.32. The summed E-state index contributed by atoms with van der Waals surface area (Å²) >= 11 is 0. The van der Waals surface area contributed by atoms with Crippen LogP contribution in [-0.2, 0) is 6.54 Å². The molecule has 0 aliphatic heterocycles. The molecule has 0 aromatic carbocycles. The molecule has 110 valence electrons. The molecule has 8 nitrogen and oxygen atoms in total. The van der Waals surface area contributed by atoms with Gasteiger partial charge in [0.05, 0.1) is 13.2 Å². The standard InChI is InChI=1S/C13H15N5O3/c1-2-21-11-8-10(15-9-16-11)13(20)14-6-7-18-12(19)4-3-5-17-18/h3-5,8-9H,2,6-7H2,1H3,(H,14,20). The summed E-state index contributed by atoms with van der Waals surface area (Å²) in [5.41, 5.74) is -0.00534. The largest absolute Gasteiger partial charge is 0.478 e. The molecular formula is C13H15N5O3. The molecule has 0 aliphatic rings. The highest BCUT2D eigenvalue weighted by atomic mass is 16.5. The van der Waals surface area contributed by atoms with Gasteiger partial charge in [0, 0.05) is 24.9 Å². The van der Waals surface area contributed by atoms with Crippen molar-refractivity contribution in [1.29, 1.82) is 0 Å². The predicted molar refractivity (Wildman–Crippen MR) is 74.0 cm³/mol. The summed E-state index contributed by atoms with van der Waals surface area (Å²) in [6.07, 6.45) is 2.78. The van der Waals surface area contributed by atoms with Gasteiger partial charge in [-0.2, -0.15) is 5.10 Å². The Labute approximate surface area is 120 Å². The van der Waals surface area contributed by atoms with Crippen LogP contribution < -0.4 is 15.6 Å². The number of hydrogen-bond acceptors (Lipinski definition) is 6. The van der Waals surface area contributed by atoms with Gasteiger partial charge in [-0.3, -0.25) is 9.59 Å². The number of nitrogens with zero attached hydrogens (tertiary/aromatic N) is 4. The van der Waals surface area contributed by atoms with Gasteiger partial charge in [0.1, 0.15) is 12.0 Å². The Morgan fingerprint density at radius 1 is 1.43 bits per heavy atom. The van der Waals surface area contributed by atoms with Gasteiger partial charge in [-0.05, 0) is 13.0 Å². The Morgan fingerprint density at radius 2 is 2.29 bits per heavy atom. The van der Waals surface area contributed by atoms with Crippen molar-refractivity contribution in [2.75, 3.05) is 13.2 Å². The van der Waals surface area contributed by atoms with Gasteiger partial charge < -0.3 is 10.1 Å². The SMILES string of the molecule is CCOc1cc(C(=O)NCCn2ncccc2=O)ncn1. The zero-order chi connectivity index (χ0) is 15.1. The first-order chi connectivity index (χ1) is 10.2. The van der Waals surface area contributed by atoms with Crippen LogP contribution in [0, 0.1) is 0 Å². The molecule has 0 fully saturated rings. The summed E-state index contributed by atoms with van der Waals surface area (Å²) in [7, 11) is 0. The van der Waals surface area contributed by atoms with Crippen molar-refractivity contribution in [3.05, 3.63) is 46.8 Å². The molecule has 2 aromatic rings. The third kappa shape index (κ3) is 4.10. The Hall–Kier alpha value is -2.77. The summed E-state index contributed by atoms with van der Waals surface area (Å²) in [4.78, 5) is 31.1. The first-order valence-electron chi connectivity index (χ1n) is 6.46. The maximum Gasteiger partial charge on any atom is 0.270 e. The molecule has 0 spiro atoms. The Morgan fingerprint density at radius 3 is 3.05 bits per heavy atom. The van der Waals surface area contributed by atoms with Crippen LogP contribution in [0.4, 0.5) is 0 Å². The molecule has 0 aliphatic carbocycles. The first-order valence-corrected chi connectivity index (χ1v) is 6.46. The zero-order valence-electron chi connectivity index (χ0n) is 11.5. The van der Waals surface area contributed by atoms with Crippen LogP contribution in [0.1, 0.15) is 17.4 Å². The highest BCUT2D eigenvalue weighted by Crippen LogP contribution is 2.06. The van der Waals surface area contributed by atoms with E-state index in [1.165, 1.54) is 29.3 Å². The number of ether oxygens (including phenoxy) is 1. The number of rotatable bonds is 6. The number of hydrogen-bond donors (Lipinski definition) is 1. The van der Waals surface area contributed by atoms with Gasteiger partial charge >= 0.3 is 0 Å². The van der Waals surface area contributed by atoms with Gasteiger partial charge in [0.2, 0.25) is 5.88 Å². The quantitative estimate of drug-likeness (QED) is 0.794.